The summed E-state index contributed by atoms with van der Waals surface area (Å²) in [6, 6.07) is 20.1. The number of nitrogens with zero attached hydrogens (tertiary/aromatic N) is 5. The molecule has 1 amide bonds. The van der Waals surface area contributed by atoms with Crippen molar-refractivity contribution in [2.24, 2.45) is 5.92 Å². The zero-order chi connectivity index (χ0) is 25.1. The molecule has 1 saturated heterocycles. The van der Waals surface area contributed by atoms with Crippen molar-refractivity contribution in [2.45, 2.75) is 25.6 Å². The number of hydrogen-bond donors (Lipinski definition) is 1. The summed E-state index contributed by atoms with van der Waals surface area (Å²) in [5, 5.41) is 13.8. The van der Waals surface area contributed by atoms with Gasteiger partial charge in [0.05, 0.1) is 0 Å². The van der Waals surface area contributed by atoms with Crippen LogP contribution in [0, 0.1) is 5.92 Å². The summed E-state index contributed by atoms with van der Waals surface area (Å²) in [4.78, 5) is 14.6. The van der Waals surface area contributed by atoms with Crippen LogP contribution in [0.3, 0.4) is 0 Å². The number of rotatable bonds is 6. The molecule has 1 fully saturated rings. The third-order valence-corrected chi connectivity index (χ3v) is 6.04. The lowest BCUT2D eigenvalue weighted by molar-refractivity contribution is -0.146. The van der Waals surface area contributed by atoms with E-state index in [2.05, 4.69) is 20.6 Å². The summed E-state index contributed by atoms with van der Waals surface area (Å²) in [6.45, 7) is 1.37. The fraction of sp³-hybridized carbons (Fsp3) is 0.280. The standard InChI is InChI=1S/C25H23F3N6O2/c26-25(27,28)24-31-30-21-9-10-22(32-34(21)24)33-13-11-18(12-14-33)23(35)29-16-17-5-4-8-20(15-17)36-19-6-2-1-3-7-19/h1-10,15,18H,11-14,16H2,(H,29,35). The number of aromatic nitrogens is 4. The number of para-hydroxylation sites is 1. The lowest BCUT2D eigenvalue weighted by Crippen LogP contribution is -2.40. The average molecular weight is 496 g/mol. The lowest BCUT2D eigenvalue weighted by Gasteiger charge is -2.32. The second-order valence-electron chi connectivity index (χ2n) is 8.52. The molecule has 1 aliphatic heterocycles. The molecule has 11 heteroatoms. The molecule has 186 valence electrons. The number of anilines is 1. The molecule has 4 aromatic rings. The van der Waals surface area contributed by atoms with Crippen LogP contribution in [-0.2, 0) is 17.5 Å². The zero-order valence-corrected chi connectivity index (χ0v) is 19.2. The maximum Gasteiger partial charge on any atom is 0.453 e. The molecule has 0 radical (unpaired) electrons. The van der Waals surface area contributed by atoms with E-state index in [4.69, 9.17) is 4.74 Å². The lowest BCUT2D eigenvalue weighted by atomic mass is 9.96. The van der Waals surface area contributed by atoms with E-state index in [-0.39, 0.29) is 17.5 Å². The fourth-order valence-corrected chi connectivity index (χ4v) is 4.17. The minimum atomic E-state index is -4.65. The van der Waals surface area contributed by atoms with Crippen molar-refractivity contribution in [3.05, 3.63) is 78.1 Å². The van der Waals surface area contributed by atoms with Gasteiger partial charge in [0.1, 0.15) is 17.3 Å². The normalized spacial score (nSPS) is 14.7. The van der Waals surface area contributed by atoms with Crippen molar-refractivity contribution >= 4 is 17.4 Å². The quantitative estimate of drug-likeness (QED) is 0.424. The van der Waals surface area contributed by atoms with Crippen LogP contribution in [0.2, 0.25) is 0 Å². The van der Waals surface area contributed by atoms with Crippen LogP contribution in [-0.4, -0.2) is 38.8 Å². The maximum absolute atomic E-state index is 13.2. The van der Waals surface area contributed by atoms with Gasteiger partial charge in [-0.05, 0) is 54.8 Å². The summed E-state index contributed by atoms with van der Waals surface area (Å²) in [7, 11) is 0. The number of carbonyl (C=O) groups is 1. The Hall–Kier alpha value is -4.15. The van der Waals surface area contributed by atoms with Gasteiger partial charge in [-0.3, -0.25) is 4.79 Å². The second-order valence-corrected chi connectivity index (χ2v) is 8.52. The highest BCUT2D eigenvalue weighted by atomic mass is 19.4. The molecule has 36 heavy (non-hydrogen) atoms. The molecule has 5 rings (SSSR count). The molecule has 2 aromatic carbocycles. The minimum absolute atomic E-state index is 0.0265. The van der Waals surface area contributed by atoms with E-state index in [9.17, 15) is 18.0 Å². The first-order valence-electron chi connectivity index (χ1n) is 11.5. The molecule has 0 aliphatic carbocycles. The Morgan fingerprint density at radius 2 is 1.72 bits per heavy atom. The summed E-state index contributed by atoms with van der Waals surface area (Å²) < 4.78 is 46.0. The molecule has 0 atom stereocenters. The van der Waals surface area contributed by atoms with Crippen molar-refractivity contribution in [3.8, 4) is 11.5 Å². The number of piperidine rings is 1. The second kappa shape index (κ2) is 9.84. The number of amides is 1. The summed E-state index contributed by atoms with van der Waals surface area (Å²) >= 11 is 0. The SMILES string of the molecule is O=C(NCc1cccc(Oc2ccccc2)c1)C1CCN(c2ccc3nnc(C(F)(F)F)n3n2)CC1. The monoisotopic (exact) mass is 496 g/mol. The fourth-order valence-electron chi connectivity index (χ4n) is 4.17. The first kappa shape index (κ1) is 23.6. The van der Waals surface area contributed by atoms with Gasteiger partial charge in [0, 0.05) is 25.6 Å². The topological polar surface area (TPSA) is 84.6 Å². The van der Waals surface area contributed by atoms with Crippen LogP contribution >= 0.6 is 0 Å². The molecule has 0 bridgehead atoms. The minimum Gasteiger partial charge on any atom is -0.457 e. The predicted octanol–water partition coefficient (Wildman–Crippen LogP) is 4.47. The van der Waals surface area contributed by atoms with E-state index in [0.29, 0.717) is 48.6 Å². The Bertz CT molecular complexity index is 1350. The summed E-state index contributed by atoms with van der Waals surface area (Å²) in [5.74, 6) is 0.416. The molecule has 0 saturated carbocycles. The van der Waals surface area contributed by atoms with Gasteiger partial charge < -0.3 is 15.0 Å². The highest BCUT2D eigenvalue weighted by Gasteiger charge is 2.38. The number of benzene rings is 2. The van der Waals surface area contributed by atoms with E-state index >= 15 is 0 Å². The Labute approximate surface area is 204 Å². The van der Waals surface area contributed by atoms with Gasteiger partial charge in [-0.2, -0.15) is 17.7 Å². The molecule has 1 aliphatic rings. The molecular weight excluding hydrogens is 473 g/mol. The Kier molecular flexibility index (Phi) is 6.45. The van der Waals surface area contributed by atoms with E-state index in [0.717, 1.165) is 11.3 Å². The van der Waals surface area contributed by atoms with E-state index in [1.165, 1.54) is 6.07 Å². The molecule has 0 unspecified atom stereocenters. The van der Waals surface area contributed by atoms with E-state index in [1.807, 2.05) is 59.5 Å². The summed E-state index contributed by atoms with van der Waals surface area (Å²) in [6.07, 6.45) is -3.52. The zero-order valence-electron chi connectivity index (χ0n) is 19.2. The molecule has 1 N–H and O–H groups in total. The van der Waals surface area contributed by atoms with Crippen molar-refractivity contribution in [1.29, 1.82) is 0 Å². The Morgan fingerprint density at radius 3 is 2.47 bits per heavy atom. The number of ether oxygens (including phenoxy) is 1. The van der Waals surface area contributed by atoms with Crippen LogP contribution in [0.5, 0.6) is 11.5 Å². The van der Waals surface area contributed by atoms with Crippen LogP contribution in [0.25, 0.3) is 5.65 Å². The number of hydrogen-bond acceptors (Lipinski definition) is 6. The number of alkyl halides is 3. The highest BCUT2D eigenvalue weighted by molar-refractivity contribution is 5.79. The molecular formula is C25H23F3N6O2. The van der Waals surface area contributed by atoms with Gasteiger partial charge in [0.25, 0.3) is 5.82 Å². The van der Waals surface area contributed by atoms with Crippen molar-refractivity contribution in [2.75, 3.05) is 18.0 Å². The smallest absolute Gasteiger partial charge is 0.453 e. The number of halogens is 3. The van der Waals surface area contributed by atoms with E-state index in [1.54, 1.807) is 6.07 Å². The summed E-state index contributed by atoms with van der Waals surface area (Å²) in [5.41, 5.74) is 0.944. The van der Waals surface area contributed by atoms with Gasteiger partial charge in [-0.15, -0.1) is 15.3 Å². The average Bonchev–Trinajstić information content (AvgIpc) is 3.32. The first-order chi connectivity index (χ1) is 17.4. The van der Waals surface area contributed by atoms with Gasteiger partial charge in [-0.25, -0.2) is 0 Å². The van der Waals surface area contributed by atoms with Crippen molar-refractivity contribution in [1.82, 2.24) is 25.1 Å². The highest BCUT2D eigenvalue weighted by Crippen LogP contribution is 2.29. The molecule has 3 heterocycles. The van der Waals surface area contributed by atoms with Crippen LogP contribution in [0.1, 0.15) is 24.2 Å². The third-order valence-electron chi connectivity index (χ3n) is 6.04. The predicted molar refractivity (Wildman–Crippen MR) is 126 cm³/mol. The maximum atomic E-state index is 13.2. The molecule has 0 spiro atoms. The van der Waals surface area contributed by atoms with Crippen LogP contribution in [0.15, 0.2) is 66.7 Å². The number of fused-ring (bicyclic) bond motifs is 1. The van der Waals surface area contributed by atoms with Gasteiger partial charge in [-0.1, -0.05) is 30.3 Å². The Balaban J connectivity index is 1.16. The van der Waals surface area contributed by atoms with Gasteiger partial charge in [0.15, 0.2) is 5.65 Å². The molecule has 8 nitrogen and oxygen atoms in total. The van der Waals surface area contributed by atoms with Crippen LogP contribution < -0.4 is 15.0 Å². The number of carbonyl (C=O) groups excluding carboxylic acids is 1. The van der Waals surface area contributed by atoms with E-state index < -0.39 is 12.0 Å². The van der Waals surface area contributed by atoms with Crippen LogP contribution in [0.4, 0.5) is 19.0 Å². The Morgan fingerprint density at radius 1 is 0.972 bits per heavy atom. The first-order valence-corrected chi connectivity index (χ1v) is 11.5. The van der Waals surface area contributed by atoms with Crippen molar-refractivity contribution in [3.63, 3.8) is 0 Å². The van der Waals surface area contributed by atoms with Gasteiger partial charge >= 0.3 is 6.18 Å². The van der Waals surface area contributed by atoms with Crippen molar-refractivity contribution < 1.29 is 22.7 Å². The number of nitrogens with one attached hydrogen (secondary N) is 1. The largest absolute Gasteiger partial charge is 0.457 e. The molecule has 2 aromatic heterocycles. The van der Waals surface area contributed by atoms with Gasteiger partial charge in [0.2, 0.25) is 5.91 Å². The third kappa shape index (κ3) is 5.24.